The molecule has 0 bridgehead atoms. The van der Waals surface area contributed by atoms with E-state index in [4.69, 9.17) is 0 Å². The highest BCUT2D eigenvalue weighted by atomic mass is 32.1. The van der Waals surface area contributed by atoms with Gasteiger partial charge in [-0.1, -0.05) is 36.4 Å². The molecular weight excluding hydrogens is 364 g/mol. The Morgan fingerprint density at radius 1 is 0.852 bits per heavy atom. The molecule has 2 aromatic rings. The van der Waals surface area contributed by atoms with E-state index < -0.39 is 24.0 Å². The van der Waals surface area contributed by atoms with E-state index in [-0.39, 0.29) is 11.7 Å². The first kappa shape index (κ1) is 20.5. The van der Waals surface area contributed by atoms with Crippen molar-refractivity contribution in [2.45, 2.75) is 25.9 Å². The number of rotatable bonds is 7. The Kier molecular flexibility index (Phi) is 7.01. The monoisotopic (exact) mass is 386 g/mol. The highest BCUT2D eigenvalue weighted by Crippen LogP contribution is 2.23. The Bertz CT molecular complexity index is 798. The maximum Gasteiger partial charge on any atom is 0.326 e. The molecule has 0 aliphatic rings. The number of carbonyl (C=O) groups is 3. The van der Waals surface area contributed by atoms with E-state index in [9.17, 15) is 19.5 Å². The number of carboxylic acid groups (broad SMARTS) is 1. The van der Waals surface area contributed by atoms with Gasteiger partial charge >= 0.3 is 5.97 Å². The largest absolute Gasteiger partial charge is 0.480 e. The molecule has 142 valence electrons. The van der Waals surface area contributed by atoms with Crippen molar-refractivity contribution >= 4 is 41.8 Å². The first-order valence-corrected chi connectivity index (χ1v) is 9.10. The van der Waals surface area contributed by atoms with E-state index in [2.05, 4.69) is 12.6 Å². The highest BCUT2D eigenvalue weighted by molar-refractivity contribution is 7.81. The van der Waals surface area contributed by atoms with Crippen LogP contribution in [0.2, 0.25) is 0 Å². The summed E-state index contributed by atoms with van der Waals surface area (Å²) in [6, 6.07) is 15.3. The second-order valence-electron chi connectivity index (χ2n) is 5.99. The molecule has 0 fully saturated rings. The average Bonchev–Trinajstić information content (AvgIpc) is 2.69. The Hall–Kier alpha value is -2.80. The molecule has 2 unspecified atom stereocenters. The van der Waals surface area contributed by atoms with Crippen molar-refractivity contribution in [1.82, 2.24) is 0 Å². The molecule has 0 radical (unpaired) electrons. The Balaban J connectivity index is 2.45. The summed E-state index contributed by atoms with van der Waals surface area (Å²) in [5.41, 5.74) is 1.00. The van der Waals surface area contributed by atoms with Gasteiger partial charge in [0.2, 0.25) is 5.91 Å². The molecule has 27 heavy (non-hydrogen) atoms. The van der Waals surface area contributed by atoms with Gasteiger partial charge in [0.05, 0.1) is 5.75 Å². The second kappa shape index (κ2) is 9.23. The lowest BCUT2D eigenvalue weighted by Crippen LogP contribution is -2.54. The van der Waals surface area contributed by atoms with Gasteiger partial charge in [-0.15, -0.1) is 0 Å². The van der Waals surface area contributed by atoms with Gasteiger partial charge in [-0.2, -0.15) is 12.6 Å². The molecule has 0 aliphatic heterocycles. The lowest BCUT2D eigenvalue weighted by Gasteiger charge is -2.34. The van der Waals surface area contributed by atoms with Crippen molar-refractivity contribution in [2.24, 2.45) is 0 Å². The van der Waals surface area contributed by atoms with Crippen molar-refractivity contribution in [3.8, 4) is 0 Å². The van der Waals surface area contributed by atoms with Crippen LogP contribution in [0.5, 0.6) is 0 Å². The summed E-state index contributed by atoms with van der Waals surface area (Å²) in [5, 5.41) is 9.47. The zero-order valence-corrected chi connectivity index (χ0v) is 16.0. The molecular formula is C20H22N2O4S. The van der Waals surface area contributed by atoms with Crippen LogP contribution in [-0.4, -0.2) is 40.7 Å². The van der Waals surface area contributed by atoms with E-state index >= 15 is 0 Å². The van der Waals surface area contributed by atoms with Crippen LogP contribution in [0.15, 0.2) is 60.7 Å². The summed E-state index contributed by atoms with van der Waals surface area (Å²) in [7, 11) is 0. The van der Waals surface area contributed by atoms with Crippen LogP contribution >= 0.6 is 12.6 Å². The summed E-state index contributed by atoms with van der Waals surface area (Å²) in [6.45, 7) is 3.02. The topological polar surface area (TPSA) is 77.9 Å². The van der Waals surface area contributed by atoms with Crippen LogP contribution in [0, 0.1) is 0 Å². The van der Waals surface area contributed by atoms with Crippen LogP contribution in [0.4, 0.5) is 11.4 Å². The summed E-state index contributed by atoms with van der Waals surface area (Å²) in [4.78, 5) is 39.9. The highest BCUT2D eigenvalue weighted by Gasteiger charge is 2.35. The normalized spacial score (nSPS) is 12.7. The smallest absolute Gasteiger partial charge is 0.326 e. The van der Waals surface area contributed by atoms with Crippen LogP contribution < -0.4 is 9.80 Å². The molecule has 2 rings (SSSR count). The molecule has 2 aromatic carbocycles. The van der Waals surface area contributed by atoms with Crippen LogP contribution in [0.1, 0.15) is 13.8 Å². The number of carbonyl (C=O) groups excluding carboxylic acids is 2. The Morgan fingerprint density at radius 3 is 1.70 bits per heavy atom. The van der Waals surface area contributed by atoms with Crippen molar-refractivity contribution in [1.29, 1.82) is 0 Å². The Morgan fingerprint density at radius 2 is 1.30 bits per heavy atom. The third-order valence-electron chi connectivity index (χ3n) is 4.20. The maximum atomic E-state index is 13.3. The number of thiol groups is 1. The van der Waals surface area contributed by atoms with Gasteiger partial charge in [0.1, 0.15) is 12.1 Å². The van der Waals surface area contributed by atoms with Crippen molar-refractivity contribution < 1.29 is 19.5 Å². The first-order valence-electron chi connectivity index (χ1n) is 8.47. The van der Waals surface area contributed by atoms with Gasteiger partial charge in [0, 0.05) is 11.4 Å². The molecule has 0 saturated heterocycles. The SMILES string of the molecule is CC(C(=O)N(c1ccccc1)C(C)C(=O)O)N(C(=O)CS)c1ccccc1. The lowest BCUT2D eigenvalue weighted by molar-refractivity contribution is -0.139. The van der Waals surface area contributed by atoms with Gasteiger partial charge in [-0.05, 0) is 38.1 Å². The van der Waals surface area contributed by atoms with E-state index in [1.807, 2.05) is 6.07 Å². The third kappa shape index (κ3) is 4.68. The van der Waals surface area contributed by atoms with E-state index in [0.29, 0.717) is 11.4 Å². The number of amides is 2. The molecule has 2 atom stereocenters. The molecule has 6 nitrogen and oxygen atoms in total. The molecule has 0 aliphatic carbocycles. The molecule has 0 spiro atoms. The number of benzene rings is 2. The molecule has 7 heteroatoms. The lowest BCUT2D eigenvalue weighted by atomic mass is 10.1. The van der Waals surface area contributed by atoms with Gasteiger partial charge in [-0.25, -0.2) is 4.79 Å². The van der Waals surface area contributed by atoms with Crippen molar-refractivity contribution in [3.63, 3.8) is 0 Å². The molecule has 0 aromatic heterocycles. The molecule has 2 amide bonds. The minimum absolute atomic E-state index is 0.0770. The number of hydrogen-bond acceptors (Lipinski definition) is 4. The predicted octanol–water partition coefficient (Wildman–Crippen LogP) is 2.84. The summed E-state index contributed by atoms with van der Waals surface area (Å²) >= 11 is 4.05. The quantitative estimate of drug-likeness (QED) is 0.718. The van der Waals surface area contributed by atoms with Gasteiger partial charge in [0.25, 0.3) is 5.91 Å². The fraction of sp³-hybridized carbons (Fsp3) is 0.250. The number of carboxylic acids is 1. The minimum Gasteiger partial charge on any atom is -0.480 e. The van der Waals surface area contributed by atoms with Crippen molar-refractivity contribution in [2.75, 3.05) is 15.6 Å². The third-order valence-corrected chi connectivity index (χ3v) is 4.47. The summed E-state index contributed by atoms with van der Waals surface area (Å²) in [5.74, 6) is -2.05. The van der Waals surface area contributed by atoms with Gasteiger partial charge in [-0.3, -0.25) is 19.4 Å². The number of hydrogen-bond donors (Lipinski definition) is 2. The molecule has 0 heterocycles. The number of aliphatic carboxylic acids is 1. The van der Waals surface area contributed by atoms with E-state index in [1.54, 1.807) is 61.5 Å². The van der Waals surface area contributed by atoms with Gasteiger partial charge in [0.15, 0.2) is 0 Å². The van der Waals surface area contributed by atoms with E-state index in [1.165, 1.54) is 16.7 Å². The average molecular weight is 386 g/mol. The number of para-hydroxylation sites is 2. The van der Waals surface area contributed by atoms with Gasteiger partial charge < -0.3 is 5.11 Å². The van der Waals surface area contributed by atoms with Crippen LogP contribution in [0.25, 0.3) is 0 Å². The standard InChI is InChI=1S/C20H22N2O4S/c1-14(21(18(23)13-27)16-9-5-3-6-10-16)19(24)22(15(2)20(25)26)17-11-7-4-8-12-17/h3-12,14-15,27H,13H2,1-2H3,(H,25,26). The maximum absolute atomic E-state index is 13.3. The van der Waals surface area contributed by atoms with Crippen molar-refractivity contribution in [3.05, 3.63) is 60.7 Å². The fourth-order valence-electron chi connectivity index (χ4n) is 2.80. The molecule has 1 N–H and O–H groups in total. The van der Waals surface area contributed by atoms with Crippen LogP contribution in [0.3, 0.4) is 0 Å². The predicted molar refractivity (Wildman–Crippen MR) is 108 cm³/mol. The van der Waals surface area contributed by atoms with E-state index in [0.717, 1.165) is 0 Å². The number of anilines is 2. The Labute approximate surface area is 163 Å². The minimum atomic E-state index is -1.13. The summed E-state index contributed by atoms with van der Waals surface area (Å²) < 4.78 is 0. The number of nitrogens with zero attached hydrogens (tertiary/aromatic N) is 2. The summed E-state index contributed by atoms with van der Waals surface area (Å²) in [6.07, 6.45) is 0. The van der Waals surface area contributed by atoms with Crippen LogP contribution in [-0.2, 0) is 14.4 Å². The molecule has 0 saturated carbocycles. The second-order valence-corrected chi connectivity index (χ2v) is 6.31. The first-order chi connectivity index (χ1) is 12.9. The fourth-order valence-corrected chi connectivity index (χ4v) is 2.95. The zero-order valence-electron chi connectivity index (χ0n) is 15.1. The zero-order chi connectivity index (χ0) is 20.0.